The van der Waals surface area contributed by atoms with Crippen LogP contribution in [0, 0.1) is 13.8 Å². The summed E-state index contributed by atoms with van der Waals surface area (Å²) >= 11 is 0. The Morgan fingerprint density at radius 3 is 2.56 bits per heavy atom. The van der Waals surface area contributed by atoms with Crippen molar-refractivity contribution in [3.05, 3.63) is 47.5 Å². The minimum Gasteiger partial charge on any atom is -0.493 e. The molecule has 2 amide bonds. The van der Waals surface area contributed by atoms with E-state index in [1.807, 2.05) is 26.0 Å². The van der Waals surface area contributed by atoms with E-state index in [9.17, 15) is 14.7 Å². The highest BCUT2D eigenvalue weighted by Gasteiger charge is 2.14. The van der Waals surface area contributed by atoms with Crippen LogP contribution in [0.4, 0.5) is 5.69 Å². The molecule has 0 aliphatic heterocycles. The van der Waals surface area contributed by atoms with Crippen LogP contribution in [0.1, 0.15) is 21.6 Å². The van der Waals surface area contributed by atoms with Crippen molar-refractivity contribution in [1.29, 1.82) is 0 Å². The summed E-state index contributed by atoms with van der Waals surface area (Å²) < 4.78 is 0. The Morgan fingerprint density at radius 1 is 1.26 bits per heavy atom. The SMILES string of the molecule is CN(C)C=O.Cc1cc(C)c2c(N=NC(=O)c3cnccn3)c(O)[nH]c2c1. The Morgan fingerprint density at radius 2 is 1.96 bits per heavy atom. The Labute approximate surface area is 155 Å². The number of H-pyrrole nitrogens is 1. The summed E-state index contributed by atoms with van der Waals surface area (Å²) in [5.41, 5.74) is 3.08. The molecule has 0 radical (unpaired) electrons. The van der Waals surface area contributed by atoms with Crippen LogP contribution in [0.2, 0.25) is 0 Å². The summed E-state index contributed by atoms with van der Waals surface area (Å²) in [6.45, 7) is 3.87. The van der Waals surface area contributed by atoms with Gasteiger partial charge in [0, 0.05) is 31.9 Å². The van der Waals surface area contributed by atoms with Crippen molar-refractivity contribution in [3.8, 4) is 5.88 Å². The summed E-state index contributed by atoms with van der Waals surface area (Å²) in [5.74, 6) is -0.744. The summed E-state index contributed by atoms with van der Waals surface area (Å²) in [7, 11) is 3.38. The third kappa shape index (κ3) is 4.94. The number of fused-ring (bicyclic) bond motifs is 1. The van der Waals surface area contributed by atoms with Gasteiger partial charge in [-0.25, -0.2) is 4.98 Å². The lowest BCUT2D eigenvalue weighted by molar-refractivity contribution is -0.115. The highest BCUT2D eigenvalue weighted by Crippen LogP contribution is 2.38. The van der Waals surface area contributed by atoms with Gasteiger partial charge in [0.25, 0.3) is 0 Å². The molecule has 0 atom stereocenters. The van der Waals surface area contributed by atoms with E-state index < -0.39 is 5.91 Å². The first-order valence-electron chi connectivity index (χ1n) is 7.99. The number of hydrogen-bond acceptors (Lipinski definition) is 6. The van der Waals surface area contributed by atoms with E-state index in [0.29, 0.717) is 0 Å². The minimum atomic E-state index is -0.619. The maximum Gasteiger partial charge on any atom is 0.315 e. The quantitative estimate of drug-likeness (QED) is 0.543. The second-order valence-electron chi connectivity index (χ2n) is 5.99. The Hall–Kier alpha value is -3.62. The van der Waals surface area contributed by atoms with E-state index in [1.54, 1.807) is 14.1 Å². The fourth-order valence-corrected chi connectivity index (χ4v) is 2.34. The molecular weight excluding hydrogens is 348 g/mol. The molecule has 27 heavy (non-hydrogen) atoms. The second-order valence-corrected chi connectivity index (χ2v) is 5.99. The van der Waals surface area contributed by atoms with Crippen molar-refractivity contribution < 1.29 is 14.7 Å². The molecule has 0 unspecified atom stereocenters. The topological polar surface area (TPSA) is 124 Å². The van der Waals surface area contributed by atoms with E-state index >= 15 is 0 Å². The van der Waals surface area contributed by atoms with E-state index in [-0.39, 0.29) is 17.3 Å². The van der Waals surface area contributed by atoms with Crippen LogP contribution in [0.5, 0.6) is 5.88 Å². The molecule has 2 N–H and O–H groups in total. The van der Waals surface area contributed by atoms with E-state index in [2.05, 4.69) is 25.2 Å². The van der Waals surface area contributed by atoms with Crippen LogP contribution < -0.4 is 0 Å². The number of azo groups is 1. The lowest BCUT2D eigenvalue weighted by Crippen LogP contribution is -2.06. The minimum absolute atomic E-state index is 0.0955. The molecule has 0 aliphatic carbocycles. The molecule has 1 aromatic carbocycles. The molecule has 0 bridgehead atoms. The van der Waals surface area contributed by atoms with Crippen molar-refractivity contribution in [2.45, 2.75) is 13.8 Å². The zero-order chi connectivity index (χ0) is 20.0. The predicted octanol–water partition coefficient (Wildman–Crippen LogP) is 2.91. The molecular formula is C18H20N6O3. The van der Waals surface area contributed by atoms with Gasteiger partial charge in [0.05, 0.1) is 11.7 Å². The fraction of sp³-hybridized carbons (Fsp3) is 0.222. The zero-order valence-corrected chi connectivity index (χ0v) is 15.5. The van der Waals surface area contributed by atoms with Gasteiger partial charge in [-0.3, -0.25) is 14.6 Å². The first kappa shape index (κ1) is 19.7. The van der Waals surface area contributed by atoms with E-state index in [0.717, 1.165) is 28.4 Å². The number of rotatable bonds is 3. The maximum atomic E-state index is 11.9. The molecule has 3 aromatic rings. The van der Waals surface area contributed by atoms with Gasteiger partial charge in [-0.15, -0.1) is 10.2 Å². The van der Waals surface area contributed by atoms with Gasteiger partial charge in [-0.2, -0.15) is 0 Å². The Balaban J connectivity index is 0.000000465. The predicted molar refractivity (Wildman–Crippen MR) is 100 cm³/mol. The zero-order valence-electron chi connectivity index (χ0n) is 15.5. The number of aromatic hydroxyl groups is 1. The molecule has 0 spiro atoms. The molecule has 2 aromatic heterocycles. The van der Waals surface area contributed by atoms with Crippen LogP contribution in [0.3, 0.4) is 0 Å². The molecule has 9 nitrogen and oxygen atoms in total. The molecule has 3 rings (SSSR count). The first-order chi connectivity index (χ1) is 12.8. The Kier molecular flexibility index (Phi) is 6.32. The highest BCUT2D eigenvalue weighted by atomic mass is 16.3. The summed E-state index contributed by atoms with van der Waals surface area (Å²) in [6.07, 6.45) is 4.93. The van der Waals surface area contributed by atoms with Gasteiger partial charge in [0.15, 0.2) is 5.69 Å². The smallest absolute Gasteiger partial charge is 0.315 e. The number of carbonyl (C=O) groups is 2. The summed E-state index contributed by atoms with van der Waals surface area (Å²) in [5, 5.41) is 18.2. The van der Waals surface area contributed by atoms with E-state index in [1.165, 1.54) is 23.5 Å². The molecule has 0 saturated carbocycles. The average Bonchev–Trinajstić information content (AvgIpc) is 2.96. The maximum absolute atomic E-state index is 11.9. The monoisotopic (exact) mass is 368 g/mol. The molecule has 0 saturated heterocycles. The van der Waals surface area contributed by atoms with Crippen LogP contribution in [0.25, 0.3) is 10.9 Å². The van der Waals surface area contributed by atoms with Crippen molar-refractivity contribution >= 4 is 28.9 Å². The number of benzene rings is 1. The molecule has 140 valence electrons. The van der Waals surface area contributed by atoms with Crippen LogP contribution >= 0.6 is 0 Å². The Bertz CT molecular complexity index is 980. The van der Waals surface area contributed by atoms with Crippen molar-refractivity contribution in [3.63, 3.8) is 0 Å². The van der Waals surface area contributed by atoms with Crippen molar-refractivity contribution in [1.82, 2.24) is 19.9 Å². The first-order valence-corrected chi connectivity index (χ1v) is 7.99. The molecule has 9 heteroatoms. The number of aromatic nitrogens is 3. The van der Waals surface area contributed by atoms with Gasteiger partial charge in [0.2, 0.25) is 12.3 Å². The number of carbonyl (C=O) groups excluding carboxylic acids is 2. The fourth-order valence-electron chi connectivity index (χ4n) is 2.34. The molecule has 2 heterocycles. The normalized spacial score (nSPS) is 10.5. The summed E-state index contributed by atoms with van der Waals surface area (Å²) in [6, 6.07) is 3.87. The third-order valence-corrected chi connectivity index (χ3v) is 3.43. The highest BCUT2D eigenvalue weighted by molar-refractivity contribution is 5.98. The number of nitrogens with one attached hydrogen (secondary N) is 1. The molecule has 0 fully saturated rings. The van der Waals surface area contributed by atoms with Crippen LogP contribution in [0.15, 0.2) is 41.0 Å². The van der Waals surface area contributed by atoms with Gasteiger partial charge in [-0.1, -0.05) is 6.07 Å². The lowest BCUT2D eigenvalue weighted by Gasteiger charge is -1.99. The number of amides is 2. The second kappa shape index (κ2) is 8.65. The third-order valence-electron chi connectivity index (χ3n) is 3.43. The van der Waals surface area contributed by atoms with Gasteiger partial charge >= 0.3 is 5.91 Å². The average molecular weight is 368 g/mol. The van der Waals surface area contributed by atoms with Crippen LogP contribution in [-0.4, -0.2) is 51.4 Å². The van der Waals surface area contributed by atoms with Gasteiger partial charge < -0.3 is 15.0 Å². The van der Waals surface area contributed by atoms with Gasteiger partial charge in [-0.05, 0) is 31.0 Å². The van der Waals surface area contributed by atoms with Crippen LogP contribution in [-0.2, 0) is 4.79 Å². The molecule has 0 aliphatic rings. The lowest BCUT2D eigenvalue weighted by atomic mass is 10.1. The number of aromatic amines is 1. The number of nitrogens with zero attached hydrogens (tertiary/aromatic N) is 5. The number of aryl methyl sites for hydroxylation is 2. The standard InChI is InChI=1S/C15H13N5O2.C3H7NO/c1-8-5-9(2)12-10(6-8)18-15(22)13(12)19-20-14(21)11-7-16-3-4-17-11;1-4(2)3-5/h3-7,18,22H,1-2H3;3H,1-2H3. The largest absolute Gasteiger partial charge is 0.493 e. The van der Waals surface area contributed by atoms with Crippen molar-refractivity contribution in [2.24, 2.45) is 10.2 Å². The van der Waals surface area contributed by atoms with Gasteiger partial charge in [0.1, 0.15) is 5.69 Å². The van der Waals surface area contributed by atoms with E-state index in [4.69, 9.17) is 0 Å². The van der Waals surface area contributed by atoms with Crippen molar-refractivity contribution in [2.75, 3.05) is 14.1 Å². The number of hydrogen-bond donors (Lipinski definition) is 2. The summed E-state index contributed by atoms with van der Waals surface area (Å²) in [4.78, 5) is 33.2.